The number of nitrogens with zero attached hydrogens (tertiary/aromatic N) is 6. The Balaban J connectivity index is 1.32. The van der Waals surface area contributed by atoms with E-state index in [-0.39, 0.29) is 5.91 Å². The first-order chi connectivity index (χ1) is 12.3. The van der Waals surface area contributed by atoms with E-state index in [1.807, 2.05) is 35.4 Å². The molecule has 7 nitrogen and oxygen atoms in total. The molecule has 0 radical (unpaired) electrons. The maximum absolute atomic E-state index is 12.5. The van der Waals surface area contributed by atoms with Gasteiger partial charge in [-0.15, -0.1) is 10.2 Å². The Morgan fingerprint density at radius 2 is 1.84 bits per heavy atom. The second-order valence-electron chi connectivity index (χ2n) is 5.76. The van der Waals surface area contributed by atoms with Crippen molar-refractivity contribution < 1.29 is 4.79 Å². The molecule has 0 spiro atoms. The number of hydrogen-bond acceptors (Lipinski definition) is 6. The van der Waals surface area contributed by atoms with Crippen LogP contribution in [-0.2, 0) is 4.79 Å². The summed E-state index contributed by atoms with van der Waals surface area (Å²) in [6.07, 6.45) is 3.53. The van der Waals surface area contributed by atoms with Gasteiger partial charge in [-0.3, -0.25) is 9.20 Å². The standard InChI is InChI=1S/C17H18N6OS/c24-15(13-25-17-20-19-16-18-7-4-8-23(16)17)22-11-9-21(10-12-22)14-5-2-1-3-6-14/h1-8H,9-13H2. The van der Waals surface area contributed by atoms with Crippen LogP contribution in [0, 0.1) is 0 Å². The fraction of sp³-hybridized carbons (Fsp3) is 0.294. The predicted molar refractivity (Wildman–Crippen MR) is 96.7 cm³/mol. The number of piperazine rings is 1. The summed E-state index contributed by atoms with van der Waals surface area (Å²) in [5, 5.41) is 8.79. The Hall–Kier alpha value is -2.61. The lowest BCUT2D eigenvalue weighted by Gasteiger charge is -2.36. The summed E-state index contributed by atoms with van der Waals surface area (Å²) in [4.78, 5) is 20.9. The maximum Gasteiger partial charge on any atom is 0.255 e. The van der Waals surface area contributed by atoms with Crippen molar-refractivity contribution >= 4 is 29.1 Å². The van der Waals surface area contributed by atoms with Crippen molar-refractivity contribution in [2.45, 2.75) is 5.16 Å². The summed E-state index contributed by atoms with van der Waals surface area (Å²) in [5.41, 5.74) is 1.21. The van der Waals surface area contributed by atoms with Crippen LogP contribution < -0.4 is 4.90 Å². The fourth-order valence-corrected chi connectivity index (χ4v) is 3.71. The second kappa shape index (κ2) is 7.10. The highest BCUT2D eigenvalue weighted by atomic mass is 32.2. The lowest BCUT2D eigenvalue weighted by Crippen LogP contribution is -2.49. The first kappa shape index (κ1) is 15.9. The molecule has 1 aliphatic heterocycles. The molecule has 1 saturated heterocycles. The lowest BCUT2D eigenvalue weighted by atomic mass is 10.2. The molecule has 1 aromatic carbocycles. The Kier molecular flexibility index (Phi) is 4.51. The number of amides is 1. The molecular formula is C17H18N6OS. The molecule has 25 heavy (non-hydrogen) atoms. The van der Waals surface area contributed by atoms with Crippen molar-refractivity contribution in [3.05, 3.63) is 48.8 Å². The normalized spacial score (nSPS) is 14.9. The van der Waals surface area contributed by atoms with E-state index in [0.717, 1.165) is 26.2 Å². The maximum atomic E-state index is 12.5. The van der Waals surface area contributed by atoms with Crippen molar-refractivity contribution in [2.24, 2.45) is 0 Å². The van der Waals surface area contributed by atoms with Crippen molar-refractivity contribution in [3.8, 4) is 0 Å². The molecule has 0 aliphatic carbocycles. The number of hydrogen-bond donors (Lipinski definition) is 0. The Bertz CT molecular complexity index is 860. The molecule has 128 valence electrons. The average molecular weight is 354 g/mol. The van der Waals surface area contributed by atoms with Crippen LogP contribution in [0.1, 0.15) is 0 Å². The number of para-hydroxylation sites is 1. The Morgan fingerprint density at radius 3 is 2.64 bits per heavy atom. The number of anilines is 1. The van der Waals surface area contributed by atoms with Gasteiger partial charge < -0.3 is 9.80 Å². The number of rotatable bonds is 4. The van der Waals surface area contributed by atoms with E-state index < -0.39 is 0 Å². The summed E-state index contributed by atoms with van der Waals surface area (Å²) < 4.78 is 1.80. The molecule has 0 N–H and O–H groups in total. The number of benzene rings is 1. The van der Waals surface area contributed by atoms with E-state index in [1.54, 1.807) is 10.6 Å². The van der Waals surface area contributed by atoms with Gasteiger partial charge >= 0.3 is 0 Å². The van der Waals surface area contributed by atoms with Gasteiger partial charge in [0.15, 0.2) is 5.16 Å². The molecule has 3 aromatic rings. The highest BCUT2D eigenvalue weighted by Crippen LogP contribution is 2.18. The molecule has 4 rings (SSSR count). The molecule has 1 aliphatic rings. The number of carbonyl (C=O) groups is 1. The summed E-state index contributed by atoms with van der Waals surface area (Å²) >= 11 is 1.40. The minimum atomic E-state index is 0.137. The van der Waals surface area contributed by atoms with E-state index in [4.69, 9.17) is 0 Å². The van der Waals surface area contributed by atoms with Gasteiger partial charge in [-0.1, -0.05) is 30.0 Å². The van der Waals surface area contributed by atoms with Gasteiger partial charge in [0.25, 0.3) is 5.78 Å². The predicted octanol–water partition coefficient (Wildman–Crippen LogP) is 1.57. The molecule has 8 heteroatoms. The number of fused-ring (bicyclic) bond motifs is 1. The molecule has 3 heterocycles. The van der Waals surface area contributed by atoms with Crippen LogP contribution in [0.25, 0.3) is 5.78 Å². The van der Waals surface area contributed by atoms with Crippen LogP contribution in [0.2, 0.25) is 0 Å². The van der Waals surface area contributed by atoms with Gasteiger partial charge in [0, 0.05) is 44.3 Å². The van der Waals surface area contributed by atoms with Crippen molar-refractivity contribution in [1.29, 1.82) is 0 Å². The highest BCUT2D eigenvalue weighted by molar-refractivity contribution is 7.99. The first-order valence-corrected chi connectivity index (χ1v) is 9.16. The highest BCUT2D eigenvalue weighted by Gasteiger charge is 2.21. The van der Waals surface area contributed by atoms with Crippen LogP contribution >= 0.6 is 11.8 Å². The topological polar surface area (TPSA) is 66.6 Å². The van der Waals surface area contributed by atoms with E-state index in [9.17, 15) is 4.79 Å². The van der Waals surface area contributed by atoms with E-state index >= 15 is 0 Å². The Labute approximate surface area is 149 Å². The van der Waals surface area contributed by atoms with Crippen molar-refractivity contribution in [2.75, 3.05) is 36.8 Å². The molecule has 0 saturated carbocycles. The van der Waals surface area contributed by atoms with Crippen LogP contribution in [0.3, 0.4) is 0 Å². The summed E-state index contributed by atoms with van der Waals surface area (Å²) in [7, 11) is 0. The molecule has 0 unspecified atom stereocenters. The summed E-state index contributed by atoms with van der Waals surface area (Å²) in [6, 6.07) is 12.1. The van der Waals surface area contributed by atoms with Gasteiger partial charge in [0.1, 0.15) is 0 Å². The van der Waals surface area contributed by atoms with Gasteiger partial charge in [-0.2, -0.15) is 0 Å². The quantitative estimate of drug-likeness (QED) is 0.663. The smallest absolute Gasteiger partial charge is 0.255 e. The molecule has 0 atom stereocenters. The van der Waals surface area contributed by atoms with Crippen LogP contribution in [0.15, 0.2) is 53.9 Å². The Morgan fingerprint density at radius 1 is 1.04 bits per heavy atom. The van der Waals surface area contributed by atoms with Gasteiger partial charge in [0.2, 0.25) is 5.91 Å². The third-order valence-corrected chi connectivity index (χ3v) is 5.16. The van der Waals surface area contributed by atoms with Gasteiger partial charge in [-0.05, 0) is 18.2 Å². The number of aromatic nitrogens is 4. The van der Waals surface area contributed by atoms with Crippen molar-refractivity contribution in [3.63, 3.8) is 0 Å². The molecule has 1 amide bonds. The second-order valence-corrected chi connectivity index (χ2v) is 6.71. The van der Waals surface area contributed by atoms with Crippen molar-refractivity contribution in [1.82, 2.24) is 24.5 Å². The first-order valence-electron chi connectivity index (χ1n) is 8.17. The zero-order chi connectivity index (χ0) is 17.1. The average Bonchev–Trinajstić information content (AvgIpc) is 3.10. The summed E-state index contributed by atoms with van der Waals surface area (Å²) in [6.45, 7) is 3.21. The minimum absolute atomic E-state index is 0.137. The number of carbonyl (C=O) groups excluding carboxylic acids is 1. The fourth-order valence-electron chi connectivity index (χ4n) is 2.89. The molecule has 1 fully saturated rings. The zero-order valence-corrected chi connectivity index (χ0v) is 14.5. The van der Waals surface area contributed by atoms with E-state index in [1.165, 1.54) is 17.4 Å². The molecule has 2 aromatic heterocycles. The number of thioether (sulfide) groups is 1. The molecular weight excluding hydrogens is 336 g/mol. The van der Waals surface area contributed by atoms with Gasteiger partial charge in [0.05, 0.1) is 5.75 Å². The van der Waals surface area contributed by atoms with E-state index in [2.05, 4.69) is 32.2 Å². The lowest BCUT2D eigenvalue weighted by molar-refractivity contribution is -0.128. The third kappa shape index (κ3) is 3.43. The monoisotopic (exact) mass is 354 g/mol. The van der Waals surface area contributed by atoms with E-state index in [0.29, 0.717) is 16.7 Å². The largest absolute Gasteiger partial charge is 0.368 e. The van der Waals surface area contributed by atoms with Crippen LogP contribution in [0.4, 0.5) is 5.69 Å². The molecule has 0 bridgehead atoms. The third-order valence-electron chi connectivity index (χ3n) is 4.24. The van der Waals surface area contributed by atoms with Crippen LogP contribution in [0.5, 0.6) is 0 Å². The summed E-state index contributed by atoms with van der Waals surface area (Å²) in [5.74, 6) is 1.05. The van der Waals surface area contributed by atoms with Crippen LogP contribution in [-0.4, -0.2) is 62.3 Å². The zero-order valence-electron chi connectivity index (χ0n) is 13.7. The van der Waals surface area contributed by atoms with Gasteiger partial charge in [-0.25, -0.2) is 4.98 Å². The SMILES string of the molecule is O=C(CSc1nnc2ncccn12)N1CCN(c2ccccc2)CC1. The minimum Gasteiger partial charge on any atom is -0.368 e.